The molecule has 0 saturated carbocycles. The normalized spacial score (nSPS) is 21.2. The number of hydrogen-bond donors (Lipinski definition) is 1. The van der Waals surface area contributed by atoms with Crippen molar-refractivity contribution < 1.29 is 17.9 Å². The van der Waals surface area contributed by atoms with Crippen molar-refractivity contribution in [2.24, 2.45) is 0 Å². The first-order valence-corrected chi connectivity index (χ1v) is 9.31. The first-order chi connectivity index (χ1) is 10.5. The highest BCUT2D eigenvalue weighted by atomic mass is 32.2. The Bertz CT molecular complexity index is 599. The van der Waals surface area contributed by atoms with Gasteiger partial charge in [-0.25, -0.2) is 8.42 Å². The van der Waals surface area contributed by atoms with E-state index in [0.717, 1.165) is 31.6 Å². The van der Waals surface area contributed by atoms with Crippen molar-refractivity contribution in [1.82, 2.24) is 0 Å². The van der Waals surface area contributed by atoms with E-state index < -0.39 is 10.0 Å². The zero-order valence-corrected chi connectivity index (χ0v) is 13.6. The lowest BCUT2D eigenvalue weighted by molar-refractivity contribution is -0.169. The SMILES string of the molecule is CCS(=O)(=O)Nc1ccc(N2CCC3(CC2)OCCO3)cc1. The van der Waals surface area contributed by atoms with Gasteiger partial charge in [-0.15, -0.1) is 0 Å². The average Bonchev–Trinajstić information content (AvgIpc) is 2.97. The van der Waals surface area contributed by atoms with Crippen LogP contribution < -0.4 is 9.62 Å². The van der Waals surface area contributed by atoms with Gasteiger partial charge in [0.15, 0.2) is 5.79 Å². The third-order valence-electron chi connectivity index (χ3n) is 4.22. The average molecular weight is 326 g/mol. The molecule has 2 aliphatic rings. The van der Waals surface area contributed by atoms with Crippen LogP contribution in [0.2, 0.25) is 0 Å². The van der Waals surface area contributed by atoms with Crippen LogP contribution in [0.4, 0.5) is 11.4 Å². The third-order valence-corrected chi connectivity index (χ3v) is 5.53. The molecule has 22 heavy (non-hydrogen) atoms. The molecule has 2 heterocycles. The summed E-state index contributed by atoms with van der Waals surface area (Å²) in [5.41, 5.74) is 1.69. The van der Waals surface area contributed by atoms with Gasteiger partial charge in [-0.05, 0) is 31.2 Å². The van der Waals surface area contributed by atoms with Crippen molar-refractivity contribution in [3.8, 4) is 0 Å². The molecule has 2 fully saturated rings. The minimum atomic E-state index is -3.22. The maximum Gasteiger partial charge on any atom is 0.232 e. The van der Waals surface area contributed by atoms with Gasteiger partial charge in [0.05, 0.1) is 19.0 Å². The lowest BCUT2D eigenvalue weighted by Gasteiger charge is -2.38. The van der Waals surface area contributed by atoms with E-state index in [4.69, 9.17) is 9.47 Å². The van der Waals surface area contributed by atoms with Gasteiger partial charge in [0.25, 0.3) is 0 Å². The van der Waals surface area contributed by atoms with Crippen LogP contribution >= 0.6 is 0 Å². The maximum absolute atomic E-state index is 11.5. The Hall–Kier alpha value is -1.31. The van der Waals surface area contributed by atoms with Gasteiger partial charge in [-0.2, -0.15) is 0 Å². The van der Waals surface area contributed by atoms with Crippen molar-refractivity contribution >= 4 is 21.4 Å². The van der Waals surface area contributed by atoms with Crippen molar-refractivity contribution in [3.05, 3.63) is 24.3 Å². The zero-order chi connectivity index (χ0) is 15.6. The highest BCUT2D eigenvalue weighted by Crippen LogP contribution is 2.33. The van der Waals surface area contributed by atoms with Gasteiger partial charge in [0, 0.05) is 37.3 Å². The van der Waals surface area contributed by atoms with E-state index in [1.807, 2.05) is 12.1 Å². The van der Waals surface area contributed by atoms with Crippen molar-refractivity contribution in [3.63, 3.8) is 0 Å². The van der Waals surface area contributed by atoms with E-state index in [2.05, 4.69) is 9.62 Å². The molecule has 0 amide bonds. The van der Waals surface area contributed by atoms with Crippen LogP contribution in [0.15, 0.2) is 24.3 Å². The van der Waals surface area contributed by atoms with Crippen LogP contribution in [-0.4, -0.2) is 46.3 Å². The van der Waals surface area contributed by atoms with Crippen LogP contribution in [0, 0.1) is 0 Å². The van der Waals surface area contributed by atoms with Crippen molar-refractivity contribution in [1.29, 1.82) is 0 Å². The second-order valence-electron chi connectivity index (χ2n) is 5.65. The third kappa shape index (κ3) is 3.37. The quantitative estimate of drug-likeness (QED) is 0.914. The standard InChI is InChI=1S/C15H22N2O4S/c1-2-22(18,19)16-13-3-5-14(6-4-13)17-9-7-15(8-10-17)20-11-12-21-15/h3-6,16H,2,7-12H2,1H3. The predicted octanol–water partition coefficient (Wildman–Crippen LogP) is 1.79. The molecule has 3 rings (SSSR count). The molecule has 122 valence electrons. The van der Waals surface area contributed by atoms with Crippen LogP contribution in [0.3, 0.4) is 0 Å². The van der Waals surface area contributed by atoms with E-state index in [9.17, 15) is 8.42 Å². The summed E-state index contributed by atoms with van der Waals surface area (Å²) in [6.45, 7) is 4.74. The number of anilines is 2. The summed E-state index contributed by atoms with van der Waals surface area (Å²) in [5.74, 6) is -0.295. The molecule has 2 saturated heterocycles. The second-order valence-corrected chi connectivity index (χ2v) is 7.66. The van der Waals surface area contributed by atoms with Gasteiger partial charge < -0.3 is 14.4 Å². The highest BCUT2D eigenvalue weighted by Gasteiger charge is 2.39. The number of ether oxygens (including phenoxy) is 2. The number of hydrogen-bond acceptors (Lipinski definition) is 5. The van der Waals surface area contributed by atoms with Gasteiger partial charge in [0.2, 0.25) is 10.0 Å². The summed E-state index contributed by atoms with van der Waals surface area (Å²) in [7, 11) is -3.22. The molecule has 7 heteroatoms. The van der Waals surface area contributed by atoms with Crippen LogP contribution in [-0.2, 0) is 19.5 Å². The summed E-state index contributed by atoms with van der Waals surface area (Å²) in [6, 6.07) is 7.49. The molecule has 0 aliphatic carbocycles. The Labute approximate surface area is 131 Å². The smallest absolute Gasteiger partial charge is 0.232 e. The summed E-state index contributed by atoms with van der Waals surface area (Å²) >= 11 is 0. The van der Waals surface area contributed by atoms with E-state index >= 15 is 0 Å². The van der Waals surface area contributed by atoms with Crippen LogP contribution in [0.5, 0.6) is 0 Å². The van der Waals surface area contributed by atoms with Gasteiger partial charge in [0.1, 0.15) is 0 Å². The molecule has 0 bridgehead atoms. The fourth-order valence-electron chi connectivity index (χ4n) is 2.88. The van der Waals surface area contributed by atoms with Gasteiger partial charge in [-0.1, -0.05) is 0 Å². The zero-order valence-electron chi connectivity index (χ0n) is 12.7. The molecular formula is C15H22N2O4S. The Morgan fingerprint density at radius 1 is 1.14 bits per heavy atom. The number of piperidine rings is 1. The minimum absolute atomic E-state index is 0.0724. The molecule has 0 radical (unpaired) electrons. The first kappa shape index (κ1) is 15.6. The molecule has 1 N–H and O–H groups in total. The van der Waals surface area contributed by atoms with Crippen molar-refractivity contribution in [2.75, 3.05) is 41.7 Å². The predicted molar refractivity (Wildman–Crippen MR) is 85.6 cm³/mol. The highest BCUT2D eigenvalue weighted by molar-refractivity contribution is 7.92. The maximum atomic E-state index is 11.5. The molecule has 0 atom stereocenters. The number of rotatable bonds is 4. The Balaban J connectivity index is 1.62. The molecule has 6 nitrogen and oxygen atoms in total. The van der Waals surface area contributed by atoms with E-state index in [1.54, 1.807) is 19.1 Å². The van der Waals surface area contributed by atoms with Gasteiger partial charge in [-0.3, -0.25) is 4.72 Å². The Morgan fingerprint density at radius 2 is 1.73 bits per heavy atom. The molecule has 2 aliphatic heterocycles. The van der Waals surface area contributed by atoms with E-state index in [0.29, 0.717) is 18.9 Å². The second kappa shape index (κ2) is 6.06. The number of nitrogens with one attached hydrogen (secondary N) is 1. The minimum Gasteiger partial charge on any atom is -0.371 e. The van der Waals surface area contributed by atoms with E-state index in [-0.39, 0.29) is 11.5 Å². The Morgan fingerprint density at radius 3 is 2.27 bits per heavy atom. The van der Waals surface area contributed by atoms with E-state index in [1.165, 1.54) is 0 Å². The number of nitrogens with zero attached hydrogens (tertiary/aromatic N) is 1. The molecule has 0 unspecified atom stereocenters. The lowest BCUT2D eigenvalue weighted by atomic mass is 10.0. The molecule has 1 spiro atoms. The summed E-state index contributed by atoms with van der Waals surface area (Å²) in [5, 5.41) is 0. The topological polar surface area (TPSA) is 67.9 Å². The fourth-order valence-corrected chi connectivity index (χ4v) is 3.52. The molecular weight excluding hydrogens is 304 g/mol. The summed E-state index contributed by atoms with van der Waals surface area (Å²) in [6.07, 6.45) is 1.72. The molecule has 1 aromatic rings. The molecule has 1 aromatic carbocycles. The van der Waals surface area contributed by atoms with Gasteiger partial charge >= 0.3 is 0 Å². The van der Waals surface area contributed by atoms with Crippen LogP contribution in [0.1, 0.15) is 19.8 Å². The first-order valence-electron chi connectivity index (χ1n) is 7.65. The number of benzene rings is 1. The Kier molecular flexibility index (Phi) is 4.29. The summed E-state index contributed by atoms with van der Waals surface area (Å²) in [4.78, 5) is 2.27. The molecule has 0 aromatic heterocycles. The van der Waals surface area contributed by atoms with Crippen molar-refractivity contribution in [2.45, 2.75) is 25.6 Å². The summed E-state index contributed by atoms with van der Waals surface area (Å²) < 4.78 is 37.1. The monoisotopic (exact) mass is 326 g/mol. The number of sulfonamides is 1. The fraction of sp³-hybridized carbons (Fsp3) is 0.600. The van der Waals surface area contributed by atoms with Crippen LogP contribution in [0.25, 0.3) is 0 Å². The lowest BCUT2D eigenvalue weighted by Crippen LogP contribution is -2.45. The largest absolute Gasteiger partial charge is 0.371 e.